The van der Waals surface area contributed by atoms with E-state index in [2.05, 4.69) is 15.9 Å². The fourth-order valence-corrected chi connectivity index (χ4v) is 1.99. The fourth-order valence-electron chi connectivity index (χ4n) is 1.47. The van der Waals surface area contributed by atoms with Crippen LogP contribution in [0.1, 0.15) is 12.5 Å². The van der Waals surface area contributed by atoms with Crippen molar-refractivity contribution in [2.75, 3.05) is 0 Å². The molecule has 0 bridgehead atoms. The number of halogens is 2. The van der Waals surface area contributed by atoms with Gasteiger partial charge in [0.05, 0.1) is 0 Å². The number of rotatable bonds is 1. The summed E-state index contributed by atoms with van der Waals surface area (Å²) >= 11 is 9.60. The molecule has 4 heteroatoms. The molecule has 1 atom stereocenters. The Kier molecular flexibility index (Phi) is 2.61. The molecule has 2 nitrogen and oxygen atoms in total. The summed E-state index contributed by atoms with van der Waals surface area (Å²) < 4.78 is 6.06. The predicted octanol–water partition coefficient (Wildman–Crippen LogP) is 3.34. The zero-order valence-electron chi connectivity index (χ0n) is 7.96. The monoisotopic (exact) mass is 286 g/mol. The van der Waals surface area contributed by atoms with Crippen molar-refractivity contribution in [3.05, 3.63) is 46.0 Å². The van der Waals surface area contributed by atoms with Gasteiger partial charge in [0, 0.05) is 16.1 Å². The zero-order chi connectivity index (χ0) is 11.1. The second kappa shape index (κ2) is 3.65. The fraction of sp³-hybridized carbons (Fsp3) is 0.182. The van der Waals surface area contributed by atoms with E-state index in [0.717, 1.165) is 10.0 Å². The smallest absolute Gasteiger partial charge is 0.333 e. The summed E-state index contributed by atoms with van der Waals surface area (Å²) in [5.74, 6) is -0.398. The zero-order valence-corrected chi connectivity index (χ0v) is 10.3. The summed E-state index contributed by atoms with van der Waals surface area (Å²) in [5.41, 5.74) is 1.46. The van der Waals surface area contributed by atoms with Crippen molar-refractivity contribution in [1.82, 2.24) is 0 Å². The van der Waals surface area contributed by atoms with E-state index in [1.807, 2.05) is 24.3 Å². The quantitative estimate of drug-likeness (QED) is 0.585. The first kappa shape index (κ1) is 10.7. The van der Waals surface area contributed by atoms with Crippen LogP contribution >= 0.6 is 27.5 Å². The van der Waals surface area contributed by atoms with E-state index in [-0.39, 0.29) is 0 Å². The van der Waals surface area contributed by atoms with Crippen LogP contribution < -0.4 is 0 Å². The number of carbonyl (C=O) groups is 1. The molecule has 1 aliphatic heterocycles. The van der Waals surface area contributed by atoms with Crippen molar-refractivity contribution in [1.29, 1.82) is 0 Å². The Balaban J connectivity index is 2.43. The van der Waals surface area contributed by atoms with Gasteiger partial charge in [0.25, 0.3) is 0 Å². The van der Waals surface area contributed by atoms with Crippen LogP contribution in [0, 0.1) is 0 Å². The average Bonchev–Trinajstić information content (AvgIpc) is 2.42. The average molecular weight is 288 g/mol. The molecule has 15 heavy (non-hydrogen) atoms. The molecule has 0 amide bonds. The van der Waals surface area contributed by atoms with Gasteiger partial charge in [-0.2, -0.15) is 0 Å². The van der Waals surface area contributed by atoms with Gasteiger partial charge in [-0.1, -0.05) is 39.7 Å². The van der Waals surface area contributed by atoms with E-state index in [0.29, 0.717) is 5.57 Å². The first-order valence-electron chi connectivity index (χ1n) is 4.39. The van der Waals surface area contributed by atoms with Gasteiger partial charge in [0.15, 0.2) is 0 Å². The SMILES string of the molecule is CC1=CC(=O)OC1(Cl)c1ccc(Br)cc1. The van der Waals surface area contributed by atoms with Crippen LogP contribution in [0.25, 0.3) is 0 Å². The van der Waals surface area contributed by atoms with Gasteiger partial charge in [-0.15, -0.1) is 0 Å². The van der Waals surface area contributed by atoms with Crippen molar-refractivity contribution < 1.29 is 9.53 Å². The topological polar surface area (TPSA) is 26.3 Å². The molecule has 1 unspecified atom stereocenters. The van der Waals surface area contributed by atoms with Gasteiger partial charge in [-0.3, -0.25) is 0 Å². The van der Waals surface area contributed by atoms with E-state index in [4.69, 9.17) is 16.3 Å². The molecule has 0 N–H and O–H groups in total. The van der Waals surface area contributed by atoms with Crippen LogP contribution in [0.15, 0.2) is 40.4 Å². The molecule has 0 radical (unpaired) electrons. The molecule has 0 saturated heterocycles. The van der Waals surface area contributed by atoms with Crippen molar-refractivity contribution in [3.8, 4) is 0 Å². The highest BCUT2D eigenvalue weighted by Crippen LogP contribution is 2.41. The number of benzene rings is 1. The van der Waals surface area contributed by atoms with Crippen molar-refractivity contribution in [2.24, 2.45) is 0 Å². The van der Waals surface area contributed by atoms with E-state index in [1.165, 1.54) is 6.08 Å². The summed E-state index contributed by atoms with van der Waals surface area (Å²) in [6, 6.07) is 7.37. The number of carbonyl (C=O) groups excluding carboxylic acids is 1. The number of hydrogen-bond acceptors (Lipinski definition) is 2. The summed E-state index contributed by atoms with van der Waals surface area (Å²) in [7, 11) is 0. The van der Waals surface area contributed by atoms with Gasteiger partial charge < -0.3 is 4.74 Å². The molecular weight excluding hydrogens is 279 g/mol. The number of ether oxygens (including phenoxy) is 1. The lowest BCUT2D eigenvalue weighted by atomic mass is 10.0. The lowest BCUT2D eigenvalue weighted by molar-refractivity contribution is -0.141. The third kappa shape index (κ3) is 1.82. The van der Waals surface area contributed by atoms with Crippen LogP contribution in [0.3, 0.4) is 0 Å². The van der Waals surface area contributed by atoms with Crippen LogP contribution in [-0.2, 0) is 14.6 Å². The number of alkyl halides is 1. The molecule has 2 rings (SSSR count). The Hall–Kier alpha value is -0.800. The third-order valence-corrected chi connectivity index (χ3v) is 3.42. The Morgan fingerprint density at radius 2 is 1.93 bits per heavy atom. The Morgan fingerprint density at radius 1 is 1.33 bits per heavy atom. The maximum absolute atomic E-state index is 11.1. The van der Waals surface area contributed by atoms with Crippen LogP contribution in [-0.4, -0.2) is 5.97 Å². The number of hydrogen-bond donors (Lipinski definition) is 0. The minimum atomic E-state index is -1.13. The Bertz CT molecular complexity index is 438. The predicted molar refractivity (Wildman–Crippen MR) is 61.5 cm³/mol. The molecule has 0 aromatic heterocycles. The summed E-state index contributed by atoms with van der Waals surface area (Å²) in [6.45, 7) is 1.78. The van der Waals surface area contributed by atoms with E-state index in [1.54, 1.807) is 6.92 Å². The van der Waals surface area contributed by atoms with Gasteiger partial charge >= 0.3 is 5.97 Å². The lowest BCUT2D eigenvalue weighted by Crippen LogP contribution is -2.20. The molecule has 1 aromatic carbocycles. The molecule has 0 fully saturated rings. The van der Waals surface area contributed by atoms with E-state index < -0.39 is 11.0 Å². The van der Waals surface area contributed by atoms with Crippen LogP contribution in [0.5, 0.6) is 0 Å². The summed E-state index contributed by atoms with van der Waals surface area (Å²) in [5, 5.41) is -1.13. The van der Waals surface area contributed by atoms with Gasteiger partial charge in [0.1, 0.15) is 0 Å². The Labute approximate surface area is 101 Å². The number of cyclic esters (lactones) is 1. The summed E-state index contributed by atoms with van der Waals surface area (Å²) in [6.07, 6.45) is 1.41. The second-order valence-electron chi connectivity index (χ2n) is 3.35. The minimum Gasteiger partial charge on any atom is -0.432 e. The maximum atomic E-state index is 11.1. The molecule has 1 aliphatic rings. The molecule has 0 aliphatic carbocycles. The van der Waals surface area contributed by atoms with Gasteiger partial charge in [-0.25, -0.2) is 4.79 Å². The van der Waals surface area contributed by atoms with E-state index >= 15 is 0 Å². The van der Waals surface area contributed by atoms with Crippen LogP contribution in [0.2, 0.25) is 0 Å². The highest BCUT2D eigenvalue weighted by Gasteiger charge is 2.40. The largest absolute Gasteiger partial charge is 0.432 e. The van der Waals surface area contributed by atoms with Gasteiger partial charge in [0.2, 0.25) is 5.06 Å². The minimum absolute atomic E-state index is 0.398. The number of esters is 1. The van der Waals surface area contributed by atoms with Gasteiger partial charge in [-0.05, 0) is 24.6 Å². The standard InChI is InChI=1S/C11H8BrClO2/c1-7-6-10(14)15-11(7,13)8-2-4-9(12)5-3-8/h2-6H,1H3. The third-order valence-electron chi connectivity index (χ3n) is 2.30. The second-order valence-corrected chi connectivity index (χ2v) is 4.80. The van der Waals surface area contributed by atoms with Crippen LogP contribution in [0.4, 0.5) is 0 Å². The molecule has 0 saturated carbocycles. The first-order valence-corrected chi connectivity index (χ1v) is 5.56. The van der Waals surface area contributed by atoms with E-state index in [9.17, 15) is 4.79 Å². The molecule has 1 aromatic rings. The molecule has 1 heterocycles. The molecule has 78 valence electrons. The molecule has 0 spiro atoms. The van der Waals surface area contributed by atoms with Crippen molar-refractivity contribution in [2.45, 2.75) is 12.0 Å². The maximum Gasteiger partial charge on any atom is 0.333 e. The normalized spacial score (nSPS) is 25.0. The van der Waals surface area contributed by atoms with Crippen molar-refractivity contribution in [3.63, 3.8) is 0 Å². The highest BCUT2D eigenvalue weighted by molar-refractivity contribution is 9.10. The first-order chi connectivity index (χ1) is 7.02. The summed E-state index contributed by atoms with van der Waals surface area (Å²) in [4.78, 5) is 11.1. The molecular formula is C11H8BrClO2. The Morgan fingerprint density at radius 3 is 2.40 bits per heavy atom. The van der Waals surface area contributed by atoms with Crippen molar-refractivity contribution >= 4 is 33.5 Å². The highest BCUT2D eigenvalue weighted by atomic mass is 79.9. The lowest BCUT2D eigenvalue weighted by Gasteiger charge is -2.22.